The van der Waals surface area contributed by atoms with Gasteiger partial charge in [-0.2, -0.15) is 0 Å². The van der Waals surface area contributed by atoms with Crippen LogP contribution in [0.4, 0.5) is 0 Å². The van der Waals surface area contributed by atoms with Gasteiger partial charge in [-0.25, -0.2) is 0 Å². The van der Waals surface area contributed by atoms with Crippen molar-refractivity contribution in [2.75, 3.05) is 6.61 Å². The van der Waals surface area contributed by atoms with E-state index in [1.165, 1.54) is 0 Å². The number of unbranched alkanes of at least 4 members (excludes halogenated alkanes) is 3. The Morgan fingerprint density at radius 3 is 1.88 bits per heavy atom. The van der Waals surface area contributed by atoms with E-state index in [1.807, 2.05) is 87.4 Å². The summed E-state index contributed by atoms with van der Waals surface area (Å²) in [6, 6.07) is 7.99. The summed E-state index contributed by atoms with van der Waals surface area (Å²) in [6.45, 7) is 19.1. The Hall–Kier alpha value is -2.57. The van der Waals surface area contributed by atoms with Gasteiger partial charge in [-0.15, -0.1) is 0 Å². The molecule has 0 aromatic heterocycles. The summed E-state index contributed by atoms with van der Waals surface area (Å²) in [5.41, 5.74) is -0.671. The topological polar surface area (TPSA) is 88.1 Å². The molecule has 1 aromatic rings. The second-order valence-corrected chi connectivity index (χ2v) is 13.9. The number of benzene rings is 1. The lowest BCUT2D eigenvalue weighted by Gasteiger charge is -2.28. The molecule has 0 N–H and O–H groups in total. The summed E-state index contributed by atoms with van der Waals surface area (Å²) in [7, 11) is 0. The normalized spacial score (nSPS) is 13.7. The Balaban J connectivity index is 3.01. The molecule has 0 aliphatic heterocycles. The van der Waals surface area contributed by atoms with Crippen LogP contribution in [-0.2, 0) is 35.0 Å². The third kappa shape index (κ3) is 17.8. The highest BCUT2D eigenvalue weighted by atomic mass is 16.6. The number of carbonyl (C=O) groups is 3. The molecular weight excluding hydrogens is 520 g/mol. The van der Waals surface area contributed by atoms with Gasteiger partial charge in [-0.05, 0) is 106 Å². The van der Waals surface area contributed by atoms with Crippen LogP contribution in [0.25, 0.3) is 0 Å². The average molecular weight is 577 g/mol. The van der Waals surface area contributed by atoms with Gasteiger partial charge in [0.25, 0.3) is 0 Å². The number of ether oxygens (including phenoxy) is 4. The van der Waals surface area contributed by atoms with Crippen LogP contribution >= 0.6 is 0 Å². The fourth-order valence-corrected chi connectivity index (χ4v) is 4.67. The fraction of sp³-hybridized carbons (Fsp3) is 0.735. The molecule has 0 aliphatic rings. The lowest BCUT2D eigenvalue weighted by molar-refractivity contribution is -0.168. The van der Waals surface area contributed by atoms with Gasteiger partial charge in [0.15, 0.2) is 0 Å². The summed E-state index contributed by atoms with van der Waals surface area (Å²) in [5, 5.41) is 0. The van der Waals surface area contributed by atoms with E-state index in [1.54, 1.807) is 0 Å². The number of para-hydroxylation sites is 1. The average Bonchev–Trinajstić information content (AvgIpc) is 2.78. The molecule has 0 fully saturated rings. The molecule has 7 heteroatoms. The molecule has 1 aromatic carbocycles. The van der Waals surface area contributed by atoms with Crippen LogP contribution in [0.2, 0.25) is 0 Å². The first-order valence-corrected chi connectivity index (χ1v) is 15.3. The van der Waals surface area contributed by atoms with Gasteiger partial charge >= 0.3 is 17.9 Å². The molecule has 0 bridgehead atoms. The first kappa shape index (κ1) is 36.5. The summed E-state index contributed by atoms with van der Waals surface area (Å²) in [4.78, 5) is 38.1. The molecule has 0 saturated carbocycles. The zero-order valence-corrected chi connectivity index (χ0v) is 27.4. The van der Waals surface area contributed by atoms with Gasteiger partial charge in [0.05, 0.1) is 18.9 Å². The Morgan fingerprint density at radius 2 is 1.29 bits per heavy atom. The third-order valence-corrected chi connectivity index (χ3v) is 6.14. The maximum absolute atomic E-state index is 13.3. The molecule has 1 rings (SSSR count). The Bertz CT molecular complexity index is 947. The monoisotopic (exact) mass is 576 g/mol. The standard InChI is InChI=1S/C34H56O7/c1-11-38-28-20-17-16-19-26(28)22-25(18-14-12-13-15-21-29(35)39-32(2,3)4)23-27(31(37)41-34(8,9)10)24-30(36)40-33(5,6)7/h16-17,19-20,25,27H,11-15,18,21-24H2,1-10H3. The lowest BCUT2D eigenvalue weighted by atomic mass is 9.84. The molecule has 0 radical (unpaired) electrons. The van der Waals surface area contributed by atoms with Crippen molar-refractivity contribution >= 4 is 17.9 Å². The zero-order chi connectivity index (χ0) is 31.3. The van der Waals surface area contributed by atoms with E-state index >= 15 is 0 Å². The van der Waals surface area contributed by atoms with Crippen molar-refractivity contribution in [2.45, 2.75) is 144 Å². The molecule has 2 atom stereocenters. The minimum atomic E-state index is -0.658. The zero-order valence-electron chi connectivity index (χ0n) is 27.4. The third-order valence-electron chi connectivity index (χ3n) is 6.14. The van der Waals surface area contributed by atoms with Crippen molar-refractivity contribution < 1.29 is 33.3 Å². The van der Waals surface area contributed by atoms with Gasteiger partial charge in [0.1, 0.15) is 22.6 Å². The SMILES string of the molecule is CCOc1ccccc1CC(CCCCCCC(=O)OC(C)(C)C)CC(CC(=O)OC(C)(C)C)C(=O)OC(C)(C)C. The van der Waals surface area contributed by atoms with Crippen molar-refractivity contribution in [1.29, 1.82) is 0 Å². The fourth-order valence-electron chi connectivity index (χ4n) is 4.67. The number of rotatable bonds is 16. The molecule has 234 valence electrons. The predicted molar refractivity (Wildman–Crippen MR) is 163 cm³/mol. The second-order valence-electron chi connectivity index (χ2n) is 13.9. The number of carbonyl (C=O) groups excluding carboxylic acids is 3. The van der Waals surface area contributed by atoms with Crippen LogP contribution in [0.5, 0.6) is 5.75 Å². The summed E-state index contributed by atoms with van der Waals surface area (Å²) < 4.78 is 22.6. The second kappa shape index (κ2) is 16.8. The molecule has 0 amide bonds. The van der Waals surface area contributed by atoms with Gasteiger partial charge in [0.2, 0.25) is 0 Å². The van der Waals surface area contributed by atoms with Crippen LogP contribution < -0.4 is 4.74 Å². The molecule has 7 nitrogen and oxygen atoms in total. The van der Waals surface area contributed by atoms with E-state index in [4.69, 9.17) is 18.9 Å². The quantitative estimate of drug-likeness (QED) is 0.112. The Morgan fingerprint density at radius 1 is 0.732 bits per heavy atom. The minimum absolute atomic E-state index is 0.0221. The molecule has 0 heterocycles. The van der Waals surface area contributed by atoms with E-state index < -0.39 is 28.7 Å². The molecule has 2 unspecified atom stereocenters. The van der Waals surface area contributed by atoms with Gasteiger partial charge in [-0.1, -0.05) is 43.9 Å². The van der Waals surface area contributed by atoms with Crippen LogP contribution in [-0.4, -0.2) is 41.3 Å². The number of esters is 3. The Labute approximate surface area is 249 Å². The van der Waals surface area contributed by atoms with Gasteiger partial charge in [0, 0.05) is 6.42 Å². The molecule has 0 spiro atoms. The van der Waals surface area contributed by atoms with Crippen LogP contribution in [0.1, 0.15) is 126 Å². The van der Waals surface area contributed by atoms with E-state index in [0.717, 1.165) is 49.8 Å². The van der Waals surface area contributed by atoms with Gasteiger partial charge < -0.3 is 18.9 Å². The molecule has 41 heavy (non-hydrogen) atoms. The van der Waals surface area contributed by atoms with Crippen molar-refractivity contribution in [3.8, 4) is 5.75 Å². The van der Waals surface area contributed by atoms with E-state index in [-0.39, 0.29) is 24.3 Å². The van der Waals surface area contributed by atoms with E-state index in [2.05, 4.69) is 6.07 Å². The smallest absolute Gasteiger partial charge is 0.310 e. The highest BCUT2D eigenvalue weighted by Crippen LogP contribution is 2.31. The first-order chi connectivity index (χ1) is 18.9. The number of hydrogen-bond donors (Lipinski definition) is 0. The van der Waals surface area contributed by atoms with Crippen LogP contribution in [0.3, 0.4) is 0 Å². The van der Waals surface area contributed by atoms with Crippen molar-refractivity contribution in [3.63, 3.8) is 0 Å². The lowest BCUT2D eigenvalue weighted by Crippen LogP contribution is -2.33. The highest BCUT2D eigenvalue weighted by molar-refractivity contribution is 5.80. The summed E-state index contributed by atoms with van der Waals surface area (Å²) >= 11 is 0. The molecule has 0 aliphatic carbocycles. The van der Waals surface area contributed by atoms with Crippen molar-refractivity contribution in [1.82, 2.24) is 0 Å². The van der Waals surface area contributed by atoms with Gasteiger partial charge in [-0.3, -0.25) is 14.4 Å². The van der Waals surface area contributed by atoms with Crippen LogP contribution in [0, 0.1) is 11.8 Å². The maximum Gasteiger partial charge on any atom is 0.310 e. The molecular formula is C34H56O7. The minimum Gasteiger partial charge on any atom is -0.494 e. The maximum atomic E-state index is 13.3. The van der Waals surface area contributed by atoms with Crippen molar-refractivity contribution in [3.05, 3.63) is 29.8 Å². The van der Waals surface area contributed by atoms with E-state index in [0.29, 0.717) is 19.4 Å². The Kier molecular flexibility index (Phi) is 14.9. The first-order valence-electron chi connectivity index (χ1n) is 15.3. The van der Waals surface area contributed by atoms with Crippen molar-refractivity contribution in [2.24, 2.45) is 11.8 Å². The summed E-state index contributed by atoms with van der Waals surface area (Å²) in [6.07, 6.45) is 6.12. The van der Waals surface area contributed by atoms with Crippen LogP contribution in [0.15, 0.2) is 24.3 Å². The summed E-state index contributed by atoms with van der Waals surface area (Å²) in [5.74, 6) is -0.570. The molecule has 0 saturated heterocycles. The highest BCUT2D eigenvalue weighted by Gasteiger charge is 2.32. The number of hydrogen-bond acceptors (Lipinski definition) is 7. The predicted octanol–water partition coefficient (Wildman–Crippen LogP) is 8.01. The van der Waals surface area contributed by atoms with E-state index in [9.17, 15) is 14.4 Å². The largest absolute Gasteiger partial charge is 0.494 e.